The van der Waals surface area contributed by atoms with Gasteiger partial charge in [0.25, 0.3) is 5.91 Å². The number of para-hydroxylation sites is 1. The van der Waals surface area contributed by atoms with Crippen molar-refractivity contribution in [3.63, 3.8) is 0 Å². The number of amides is 1. The lowest BCUT2D eigenvalue weighted by atomic mass is 10.0. The highest BCUT2D eigenvalue weighted by atomic mass is 32.1. The maximum absolute atomic E-state index is 13.2. The maximum Gasteiger partial charge on any atom is 0.270 e. The third-order valence-electron chi connectivity index (χ3n) is 5.20. The fourth-order valence-electron chi connectivity index (χ4n) is 3.89. The van der Waals surface area contributed by atoms with E-state index in [0.29, 0.717) is 0 Å². The molecule has 0 aliphatic carbocycles. The van der Waals surface area contributed by atoms with Gasteiger partial charge in [0.15, 0.2) is 0 Å². The molecule has 4 nitrogen and oxygen atoms in total. The molecule has 1 saturated heterocycles. The highest BCUT2D eigenvalue weighted by Gasteiger charge is 2.26. The molecule has 25 heavy (non-hydrogen) atoms. The Hall–Kier alpha value is -1.72. The number of fused-ring (bicyclic) bond motifs is 1. The molecule has 4 rings (SSSR count). The number of aryl methyl sites for hydroxylation is 2. The normalized spacial score (nSPS) is 18.2. The largest absolute Gasteiger partial charge is 0.307 e. The number of thiazole rings is 1. The van der Waals surface area contributed by atoms with Gasteiger partial charge < -0.3 is 4.90 Å². The highest BCUT2D eigenvalue weighted by molar-refractivity contribution is 7.13. The Morgan fingerprint density at radius 3 is 2.76 bits per heavy atom. The van der Waals surface area contributed by atoms with Gasteiger partial charge in [-0.3, -0.25) is 9.69 Å². The standard InChI is InChI=1S/C20H25N3OS/c1-15-19(25-18(21-15)14-22-11-5-2-6-12-22)20(24)23-13-7-9-16-8-3-4-10-17(16)23/h3-4,8,10H,2,5-7,9,11-14H2,1H3. The molecule has 0 bridgehead atoms. The summed E-state index contributed by atoms with van der Waals surface area (Å²) in [4.78, 5) is 23.1. The zero-order valence-corrected chi connectivity index (χ0v) is 15.6. The van der Waals surface area contributed by atoms with Crippen molar-refractivity contribution in [2.45, 2.75) is 45.6 Å². The summed E-state index contributed by atoms with van der Waals surface area (Å²) in [6.07, 6.45) is 5.98. The van der Waals surface area contributed by atoms with Crippen molar-refractivity contribution in [1.82, 2.24) is 9.88 Å². The first-order valence-electron chi connectivity index (χ1n) is 9.31. The van der Waals surface area contributed by atoms with Crippen LogP contribution in [0.5, 0.6) is 0 Å². The third-order valence-corrected chi connectivity index (χ3v) is 6.33. The number of rotatable bonds is 3. The summed E-state index contributed by atoms with van der Waals surface area (Å²) >= 11 is 1.59. The van der Waals surface area contributed by atoms with Gasteiger partial charge in [0.05, 0.1) is 12.2 Å². The molecule has 1 aromatic carbocycles. The summed E-state index contributed by atoms with van der Waals surface area (Å²) in [7, 11) is 0. The Balaban J connectivity index is 1.55. The van der Waals surface area contributed by atoms with Gasteiger partial charge in [0.1, 0.15) is 9.88 Å². The number of carbonyl (C=O) groups excluding carboxylic acids is 1. The lowest BCUT2D eigenvalue weighted by Crippen LogP contribution is -2.35. The Morgan fingerprint density at radius 2 is 1.92 bits per heavy atom. The van der Waals surface area contributed by atoms with Gasteiger partial charge in [-0.2, -0.15) is 0 Å². The Morgan fingerprint density at radius 1 is 1.12 bits per heavy atom. The molecule has 5 heteroatoms. The van der Waals surface area contributed by atoms with Crippen LogP contribution in [0.25, 0.3) is 0 Å². The molecular weight excluding hydrogens is 330 g/mol. The van der Waals surface area contributed by atoms with E-state index >= 15 is 0 Å². The number of likely N-dealkylation sites (tertiary alicyclic amines) is 1. The van der Waals surface area contributed by atoms with Crippen molar-refractivity contribution in [3.8, 4) is 0 Å². The highest BCUT2D eigenvalue weighted by Crippen LogP contribution is 2.30. The molecule has 1 fully saturated rings. The molecule has 2 aliphatic heterocycles. The Labute approximate surface area is 153 Å². The Bertz CT molecular complexity index is 764. The van der Waals surface area contributed by atoms with Gasteiger partial charge in [-0.1, -0.05) is 24.6 Å². The van der Waals surface area contributed by atoms with E-state index in [9.17, 15) is 4.79 Å². The van der Waals surface area contributed by atoms with Crippen LogP contribution in [0.1, 0.15) is 51.6 Å². The predicted molar refractivity (Wildman–Crippen MR) is 102 cm³/mol. The first kappa shape index (κ1) is 16.7. The monoisotopic (exact) mass is 355 g/mol. The van der Waals surface area contributed by atoms with Crippen LogP contribution >= 0.6 is 11.3 Å². The molecule has 0 spiro atoms. The van der Waals surface area contributed by atoms with Gasteiger partial charge in [0.2, 0.25) is 0 Å². The van der Waals surface area contributed by atoms with E-state index in [0.717, 1.165) is 60.3 Å². The minimum Gasteiger partial charge on any atom is -0.307 e. The average molecular weight is 356 g/mol. The van der Waals surface area contributed by atoms with E-state index in [-0.39, 0.29) is 5.91 Å². The van der Waals surface area contributed by atoms with Crippen LogP contribution in [0.2, 0.25) is 0 Å². The van der Waals surface area contributed by atoms with Crippen LogP contribution in [-0.2, 0) is 13.0 Å². The number of nitrogens with zero attached hydrogens (tertiary/aromatic N) is 3. The summed E-state index contributed by atoms with van der Waals surface area (Å²) in [5, 5.41) is 1.08. The van der Waals surface area contributed by atoms with Crippen LogP contribution in [0, 0.1) is 6.92 Å². The van der Waals surface area contributed by atoms with Crippen molar-refractivity contribution >= 4 is 22.9 Å². The number of hydrogen-bond acceptors (Lipinski definition) is 4. The van der Waals surface area contributed by atoms with Crippen molar-refractivity contribution in [3.05, 3.63) is 45.4 Å². The topological polar surface area (TPSA) is 36.4 Å². The van der Waals surface area contributed by atoms with E-state index in [1.807, 2.05) is 17.9 Å². The zero-order chi connectivity index (χ0) is 17.2. The first-order valence-corrected chi connectivity index (χ1v) is 10.1. The molecular formula is C20H25N3OS. The van der Waals surface area contributed by atoms with Gasteiger partial charge in [-0.15, -0.1) is 11.3 Å². The summed E-state index contributed by atoms with van der Waals surface area (Å²) < 4.78 is 0. The fraction of sp³-hybridized carbons (Fsp3) is 0.500. The lowest BCUT2D eigenvalue weighted by Gasteiger charge is -2.29. The van der Waals surface area contributed by atoms with Gasteiger partial charge in [-0.25, -0.2) is 4.98 Å². The maximum atomic E-state index is 13.2. The zero-order valence-electron chi connectivity index (χ0n) is 14.8. The molecule has 2 aliphatic rings. The second kappa shape index (κ2) is 7.26. The van der Waals surface area contributed by atoms with Crippen LogP contribution < -0.4 is 4.90 Å². The van der Waals surface area contributed by atoms with Crippen LogP contribution in [0.4, 0.5) is 5.69 Å². The van der Waals surface area contributed by atoms with Gasteiger partial charge in [-0.05, 0) is 57.3 Å². The van der Waals surface area contributed by atoms with Crippen LogP contribution in [0.3, 0.4) is 0 Å². The first-order chi connectivity index (χ1) is 12.2. The number of hydrogen-bond donors (Lipinski definition) is 0. The van der Waals surface area contributed by atoms with Crippen LogP contribution in [-0.4, -0.2) is 35.4 Å². The molecule has 0 unspecified atom stereocenters. The number of aromatic nitrogens is 1. The quantitative estimate of drug-likeness (QED) is 0.834. The summed E-state index contributed by atoms with van der Waals surface area (Å²) in [6.45, 7) is 5.96. The fourth-order valence-corrected chi connectivity index (χ4v) is 4.95. The number of piperidine rings is 1. The van der Waals surface area contributed by atoms with E-state index in [4.69, 9.17) is 4.98 Å². The minimum atomic E-state index is 0.118. The molecule has 132 valence electrons. The summed E-state index contributed by atoms with van der Waals surface area (Å²) in [5.41, 5.74) is 3.23. The molecule has 3 heterocycles. The molecule has 1 amide bonds. The number of benzene rings is 1. The van der Waals surface area contributed by atoms with Gasteiger partial charge in [0, 0.05) is 12.2 Å². The van der Waals surface area contributed by atoms with E-state index in [1.54, 1.807) is 11.3 Å². The molecule has 0 radical (unpaired) electrons. The van der Waals surface area contributed by atoms with Crippen molar-refractivity contribution in [2.24, 2.45) is 0 Å². The minimum absolute atomic E-state index is 0.118. The van der Waals surface area contributed by atoms with E-state index in [1.165, 1.54) is 24.8 Å². The number of carbonyl (C=O) groups is 1. The van der Waals surface area contributed by atoms with Crippen molar-refractivity contribution in [2.75, 3.05) is 24.5 Å². The van der Waals surface area contributed by atoms with Crippen molar-refractivity contribution < 1.29 is 4.79 Å². The SMILES string of the molecule is Cc1nc(CN2CCCCC2)sc1C(=O)N1CCCc2ccccc21. The molecule has 1 aromatic heterocycles. The summed E-state index contributed by atoms with van der Waals surface area (Å²) in [6, 6.07) is 8.28. The second-order valence-electron chi connectivity index (χ2n) is 7.05. The van der Waals surface area contributed by atoms with E-state index < -0.39 is 0 Å². The molecule has 2 aromatic rings. The second-order valence-corrected chi connectivity index (χ2v) is 8.13. The van der Waals surface area contributed by atoms with Crippen LogP contribution in [0.15, 0.2) is 24.3 Å². The van der Waals surface area contributed by atoms with Gasteiger partial charge >= 0.3 is 0 Å². The summed E-state index contributed by atoms with van der Waals surface area (Å²) in [5.74, 6) is 0.118. The van der Waals surface area contributed by atoms with E-state index in [2.05, 4.69) is 23.1 Å². The average Bonchev–Trinajstić information content (AvgIpc) is 3.01. The number of anilines is 1. The molecule has 0 N–H and O–H groups in total. The smallest absolute Gasteiger partial charge is 0.270 e. The third kappa shape index (κ3) is 3.48. The lowest BCUT2D eigenvalue weighted by molar-refractivity contribution is 0.0988. The Kier molecular flexibility index (Phi) is 4.86. The molecule has 0 saturated carbocycles. The predicted octanol–water partition coefficient (Wildman–Crippen LogP) is 4.03. The molecule has 0 atom stereocenters. The van der Waals surface area contributed by atoms with Crippen molar-refractivity contribution in [1.29, 1.82) is 0 Å².